The monoisotopic (exact) mass is 432 g/mol. The zero-order chi connectivity index (χ0) is 20.4. The first-order valence-corrected chi connectivity index (χ1v) is 10.3. The number of halogens is 2. The van der Waals surface area contributed by atoms with E-state index in [0.29, 0.717) is 37.1 Å². The van der Waals surface area contributed by atoms with Gasteiger partial charge in [-0.15, -0.1) is 11.3 Å². The molecule has 1 fully saturated rings. The second-order valence-corrected chi connectivity index (χ2v) is 8.02. The number of piperazine rings is 1. The van der Waals surface area contributed by atoms with Crippen molar-refractivity contribution in [2.45, 2.75) is 13.0 Å². The molecule has 0 spiro atoms. The number of hydrogen-bond donors (Lipinski definition) is 0. The average molecular weight is 433 g/mol. The summed E-state index contributed by atoms with van der Waals surface area (Å²) in [5.74, 6) is 0.952. The van der Waals surface area contributed by atoms with Crippen molar-refractivity contribution in [3.8, 4) is 11.6 Å². The van der Waals surface area contributed by atoms with Gasteiger partial charge in [-0.1, -0.05) is 17.7 Å². The van der Waals surface area contributed by atoms with Crippen molar-refractivity contribution in [1.82, 2.24) is 14.9 Å². The first-order chi connectivity index (χ1) is 14.0. The Kier molecular flexibility index (Phi) is 5.64. The van der Waals surface area contributed by atoms with Crippen molar-refractivity contribution in [2.75, 3.05) is 24.5 Å². The van der Waals surface area contributed by atoms with Crippen LogP contribution in [-0.4, -0.2) is 46.5 Å². The molecule has 0 saturated carbocycles. The number of nitrogens with zero attached hydrogens (tertiary/aromatic N) is 4. The van der Waals surface area contributed by atoms with E-state index in [0.717, 1.165) is 4.88 Å². The van der Waals surface area contributed by atoms with Gasteiger partial charge in [0, 0.05) is 31.7 Å². The maximum absolute atomic E-state index is 13.2. The third-order valence-corrected chi connectivity index (χ3v) is 5.83. The van der Waals surface area contributed by atoms with Crippen molar-refractivity contribution in [3.05, 3.63) is 63.8 Å². The predicted molar refractivity (Wildman–Crippen MR) is 111 cm³/mol. The number of ether oxygens (including phenoxy) is 1. The van der Waals surface area contributed by atoms with E-state index in [9.17, 15) is 9.18 Å². The Labute approximate surface area is 176 Å². The number of carbonyl (C=O) groups is 1. The van der Waals surface area contributed by atoms with Crippen LogP contribution < -0.4 is 9.64 Å². The summed E-state index contributed by atoms with van der Waals surface area (Å²) in [6.45, 7) is 3.91. The molecule has 1 atom stereocenters. The van der Waals surface area contributed by atoms with E-state index in [1.807, 2.05) is 29.3 Å². The highest BCUT2D eigenvalue weighted by Crippen LogP contribution is 2.30. The lowest BCUT2D eigenvalue weighted by molar-refractivity contribution is 0.0678. The van der Waals surface area contributed by atoms with Crippen molar-refractivity contribution < 1.29 is 13.9 Å². The van der Waals surface area contributed by atoms with Crippen LogP contribution in [0.4, 0.5) is 10.2 Å². The minimum absolute atomic E-state index is 0.0317. The highest BCUT2D eigenvalue weighted by molar-refractivity contribution is 7.12. The Morgan fingerprint density at radius 2 is 2.14 bits per heavy atom. The highest BCUT2D eigenvalue weighted by atomic mass is 35.5. The Hall–Kier alpha value is -2.71. The van der Waals surface area contributed by atoms with Gasteiger partial charge in [0.25, 0.3) is 5.91 Å². The minimum atomic E-state index is -0.435. The molecule has 29 heavy (non-hydrogen) atoms. The zero-order valence-electron chi connectivity index (χ0n) is 15.6. The lowest BCUT2D eigenvalue weighted by atomic mass is 10.2. The number of anilines is 1. The second-order valence-electron chi connectivity index (χ2n) is 6.66. The number of carbonyl (C=O) groups excluding carboxylic acids is 1. The van der Waals surface area contributed by atoms with Gasteiger partial charge in [0.15, 0.2) is 0 Å². The van der Waals surface area contributed by atoms with Crippen LogP contribution in [0.15, 0.2) is 48.1 Å². The SMILES string of the molecule is CC1CN(c2cc(Oc3ccc(F)cc3Cl)ncn2)CCN1C(=O)c1cccs1. The van der Waals surface area contributed by atoms with E-state index in [-0.39, 0.29) is 17.0 Å². The third-order valence-electron chi connectivity index (χ3n) is 4.68. The van der Waals surface area contributed by atoms with Crippen LogP contribution in [-0.2, 0) is 0 Å². The number of hydrogen-bond acceptors (Lipinski definition) is 6. The lowest BCUT2D eigenvalue weighted by Crippen LogP contribution is -2.54. The molecule has 1 aromatic carbocycles. The van der Waals surface area contributed by atoms with Gasteiger partial charge in [-0.25, -0.2) is 14.4 Å². The summed E-state index contributed by atoms with van der Waals surface area (Å²) < 4.78 is 18.9. The molecule has 4 rings (SSSR count). The molecule has 1 saturated heterocycles. The first-order valence-electron chi connectivity index (χ1n) is 9.05. The van der Waals surface area contributed by atoms with Crippen molar-refractivity contribution in [3.63, 3.8) is 0 Å². The fraction of sp³-hybridized carbons (Fsp3) is 0.250. The van der Waals surface area contributed by atoms with Crippen LogP contribution in [0.2, 0.25) is 5.02 Å². The van der Waals surface area contributed by atoms with E-state index in [4.69, 9.17) is 16.3 Å². The quantitative estimate of drug-likeness (QED) is 0.608. The predicted octanol–water partition coefficient (Wildman–Crippen LogP) is 4.47. The van der Waals surface area contributed by atoms with Gasteiger partial charge < -0.3 is 14.5 Å². The number of amides is 1. The number of aromatic nitrogens is 2. The van der Waals surface area contributed by atoms with Gasteiger partial charge in [0.1, 0.15) is 23.7 Å². The minimum Gasteiger partial charge on any atom is -0.437 e. The molecule has 0 aliphatic carbocycles. The summed E-state index contributed by atoms with van der Waals surface area (Å²) in [4.78, 5) is 25.8. The fourth-order valence-electron chi connectivity index (χ4n) is 3.24. The maximum atomic E-state index is 13.2. The molecular weight excluding hydrogens is 415 g/mol. The van der Waals surface area contributed by atoms with E-state index < -0.39 is 5.82 Å². The molecule has 9 heteroatoms. The molecule has 1 amide bonds. The van der Waals surface area contributed by atoms with Gasteiger partial charge in [-0.3, -0.25) is 4.79 Å². The Bertz CT molecular complexity index is 1020. The smallest absolute Gasteiger partial charge is 0.264 e. The molecule has 6 nitrogen and oxygen atoms in total. The van der Waals surface area contributed by atoms with Gasteiger partial charge >= 0.3 is 0 Å². The van der Waals surface area contributed by atoms with Crippen LogP contribution in [0, 0.1) is 5.82 Å². The van der Waals surface area contributed by atoms with Crippen LogP contribution in [0.1, 0.15) is 16.6 Å². The summed E-state index contributed by atoms with van der Waals surface area (Å²) in [7, 11) is 0. The summed E-state index contributed by atoms with van der Waals surface area (Å²) in [6, 6.07) is 9.39. The van der Waals surface area contributed by atoms with Crippen LogP contribution in [0.5, 0.6) is 11.6 Å². The summed E-state index contributed by atoms with van der Waals surface area (Å²) in [5.41, 5.74) is 0. The zero-order valence-corrected chi connectivity index (χ0v) is 17.2. The molecule has 2 aromatic heterocycles. The van der Waals surface area contributed by atoms with Crippen LogP contribution in [0.25, 0.3) is 0 Å². The van der Waals surface area contributed by atoms with Crippen molar-refractivity contribution in [1.29, 1.82) is 0 Å². The molecular formula is C20H18ClFN4O2S. The molecule has 0 radical (unpaired) electrons. The largest absolute Gasteiger partial charge is 0.437 e. The standard InChI is InChI=1S/C20H18ClFN4O2S/c1-13-11-25(6-7-26(13)20(27)17-3-2-8-29-17)18-10-19(24-12-23-18)28-16-5-4-14(22)9-15(16)21/h2-5,8-10,12-13H,6-7,11H2,1H3. The average Bonchev–Trinajstić information content (AvgIpc) is 3.25. The first kappa shape index (κ1) is 19.6. The highest BCUT2D eigenvalue weighted by Gasteiger charge is 2.29. The van der Waals surface area contributed by atoms with E-state index >= 15 is 0 Å². The topological polar surface area (TPSA) is 58.6 Å². The van der Waals surface area contributed by atoms with Crippen LogP contribution in [0.3, 0.4) is 0 Å². The van der Waals surface area contributed by atoms with Gasteiger partial charge in [0.05, 0.1) is 9.90 Å². The molecule has 0 N–H and O–H groups in total. The van der Waals surface area contributed by atoms with E-state index in [1.165, 1.54) is 35.9 Å². The molecule has 1 aliphatic rings. The lowest BCUT2D eigenvalue weighted by Gasteiger charge is -2.40. The fourth-order valence-corrected chi connectivity index (χ4v) is 4.12. The van der Waals surface area contributed by atoms with Crippen LogP contribution >= 0.6 is 22.9 Å². The number of benzene rings is 1. The third kappa shape index (κ3) is 4.33. The molecule has 150 valence electrons. The Morgan fingerprint density at radius 1 is 1.28 bits per heavy atom. The summed E-state index contributed by atoms with van der Waals surface area (Å²) >= 11 is 7.47. The van der Waals surface area contributed by atoms with Crippen molar-refractivity contribution in [2.24, 2.45) is 0 Å². The normalized spacial score (nSPS) is 16.7. The summed E-state index contributed by atoms with van der Waals surface area (Å²) in [6.07, 6.45) is 1.41. The Morgan fingerprint density at radius 3 is 2.86 bits per heavy atom. The molecule has 0 bridgehead atoms. The molecule has 3 heterocycles. The second kappa shape index (κ2) is 8.34. The molecule has 3 aromatic rings. The van der Waals surface area contributed by atoms with E-state index in [2.05, 4.69) is 14.9 Å². The van der Waals surface area contributed by atoms with E-state index in [1.54, 1.807) is 6.07 Å². The molecule has 1 aliphatic heterocycles. The van der Waals surface area contributed by atoms with Crippen molar-refractivity contribution >= 4 is 34.7 Å². The van der Waals surface area contributed by atoms with Gasteiger partial charge in [0.2, 0.25) is 5.88 Å². The summed E-state index contributed by atoms with van der Waals surface area (Å²) in [5, 5.41) is 2.07. The number of thiophene rings is 1. The number of rotatable bonds is 4. The maximum Gasteiger partial charge on any atom is 0.264 e. The molecule has 1 unspecified atom stereocenters. The Balaban J connectivity index is 1.46. The van der Waals surface area contributed by atoms with Gasteiger partial charge in [-0.2, -0.15) is 0 Å². The van der Waals surface area contributed by atoms with Gasteiger partial charge in [-0.05, 0) is 36.6 Å².